The second kappa shape index (κ2) is 7.29. The van der Waals surface area contributed by atoms with Crippen molar-refractivity contribution in [1.29, 1.82) is 0 Å². The van der Waals surface area contributed by atoms with Gasteiger partial charge in [-0.15, -0.1) is 0 Å². The molecule has 6 nitrogen and oxygen atoms in total. The van der Waals surface area contributed by atoms with E-state index in [1.807, 2.05) is 24.3 Å². The molecule has 0 aliphatic carbocycles. The van der Waals surface area contributed by atoms with Crippen LogP contribution in [0.15, 0.2) is 56.5 Å². The van der Waals surface area contributed by atoms with Gasteiger partial charge in [0, 0.05) is 30.2 Å². The van der Waals surface area contributed by atoms with E-state index >= 15 is 0 Å². The van der Waals surface area contributed by atoms with Crippen LogP contribution in [0.3, 0.4) is 0 Å². The van der Waals surface area contributed by atoms with Crippen LogP contribution in [0.4, 0.5) is 0 Å². The van der Waals surface area contributed by atoms with E-state index in [4.69, 9.17) is 0 Å². The summed E-state index contributed by atoms with van der Waals surface area (Å²) in [5.74, 6) is -0.162. The quantitative estimate of drug-likeness (QED) is 0.665. The molecule has 7 heteroatoms. The highest BCUT2D eigenvalue weighted by atomic mass is 79.9. The molecule has 0 radical (unpaired) electrons. The normalized spacial score (nSPS) is 10.9. The topological polar surface area (TPSA) is 75.2 Å². The number of nitrogens with zero attached hydrogens (tertiary/aromatic N) is 2. The molecule has 0 aliphatic rings. The Morgan fingerprint density at radius 1 is 1.15 bits per heavy atom. The van der Waals surface area contributed by atoms with E-state index in [-0.39, 0.29) is 5.91 Å². The Hall–Kier alpha value is -2.67. The molecule has 1 heterocycles. The summed E-state index contributed by atoms with van der Waals surface area (Å²) in [5, 5.41) is 0. The number of carbonyl (C=O) groups excluding carboxylic acids is 1. The summed E-state index contributed by atoms with van der Waals surface area (Å²) in [6.45, 7) is 2.65. The highest BCUT2D eigenvalue weighted by Crippen LogP contribution is 2.16. The Labute approximate surface area is 158 Å². The van der Waals surface area contributed by atoms with E-state index in [2.05, 4.69) is 20.9 Å². The number of aryl methyl sites for hydroxylation is 1. The van der Waals surface area contributed by atoms with Gasteiger partial charge in [-0.2, -0.15) is 0 Å². The number of hydrogen-bond acceptors (Lipinski definition) is 3. The number of carbonyl (C=O) groups is 1. The van der Waals surface area contributed by atoms with E-state index < -0.39 is 11.1 Å². The van der Waals surface area contributed by atoms with Crippen molar-refractivity contribution in [2.45, 2.75) is 20.0 Å². The molecule has 0 atom stereocenters. The molecule has 0 spiro atoms. The number of halogens is 1. The Bertz CT molecular complexity index is 1080. The fourth-order valence-electron chi connectivity index (χ4n) is 2.88. The molecule has 1 N–H and O–H groups in total. The van der Waals surface area contributed by atoms with Gasteiger partial charge in [-0.1, -0.05) is 28.1 Å². The van der Waals surface area contributed by atoms with Gasteiger partial charge >= 0.3 is 11.1 Å². The van der Waals surface area contributed by atoms with Crippen LogP contribution in [-0.2, 0) is 13.1 Å². The third-order valence-corrected chi connectivity index (χ3v) is 4.75. The fraction of sp³-hybridized carbons (Fsp3) is 0.211. The lowest BCUT2D eigenvalue weighted by molar-refractivity contribution is 0.0785. The Kier molecular flexibility index (Phi) is 5.08. The molecule has 0 saturated carbocycles. The zero-order valence-electron chi connectivity index (χ0n) is 14.5. The maximum atomic E-state index is 12.7. The molecular weight excluding hydrogens is 398 g/mol. The number of benzene rings is 2. The molecule has 1 amide bonds. The average molecular weight is 416 g/mol. The third-order valence-electron chi connectivity index (χ3n) is 4.22. The minimum atomic E-state index is -0.688. The Balaban J connectivity index is 1.93. The molecule has 134 valence electrons. The Morgan fingerprint density at radius 3 is 2.50 bits per heavy atom. The van der Waals surface area contributed by atoms with Crippen molar-refractivity contribution in [1.82, 2.24) is 14.5 Å². The number of aromatic amines is 1. The summed E-state index contributed by atoms with van der Waals surface area (Å²) >= 11 is 3.39. The van der Waals surface area contributed by atoms with E-state index in [0.717, 1.165) is 10.0 Å². The van der Waals surface area contributed by atoms with Crippen molar-refractivity contribution in [3.05, 3.63) is 78.8 Å². The van der Waals surface area contributed by atoms with Crippen LogP contribution in [-0.4, -0.2) is 27.4 Å². The number of rotatable bonds is 4. The van der Waals surface area contributed by atoms with Crippen molar-refractivity contribution in [3.63, 3.8) is 0 Å². The van der Waals surface area contributed by atoms with Crippen molar-refractivity contribution in [3.8, 4) is 0 Å². The standard InChI is InChI=1S/C19H18BrN3O3/c1-3-23-16-9-6-13(10-15(16)21-17(24)19(23)26)18(25)22(2)11-12-4-7-14(20)8-5-12/h4-10H,3,11H2,1-2H3,(H,21,24). The van der Waals surface area contributed by atoms with Gasteiger partial charge in [0.15, 0.2) is 0 Å². The molecule has 0 saturated heterocycles. The summed E-state index contributed by atoms with van der Waals surface area (Å²) in [6, 6.07) is 12.7. The monoisotopic (exact) mass is 415 g/mol. The molecule has 26 heavy (non-hydrogen) atoms. The zero-order chi connectivity index (χ0) is 18.8. The number of fused-ring (bicyclic) bond motifs is 1. The lowest BCUT2D eigenvalue weighted by Gasteiger charge is -2.18. The minimum Gasteiger partial charge on any atom is -0.337 e. The maximum Gasteiger partial charge on any atom is 0.316 e. The SMILES string of the molecule is CCn1c(=O)c(=O)[nH]c2cc(C(=O)N(C)Cc3ccc(Br)cc3)ccc21. The predicted octanol–water partition coefficient (Wildman–Crippen LogP) is 2.74. The molecule has 2 aromatic carbocycles. The van der Waals surface area contributed by atoms with Gasteiger partial charge in [0.25, 0.3) is 5.91 Å². The number of amides is 1. The molecule has 0 fully saturated rings. The first-order valence-corrected chi connectivity index (χ1v) is 8.96. The van der Waals surface area contributed by atoms with E-state index in [1.54, 1.807) is 37.1 Å². The van der Waals surface area contributed by atoms with Crippen LogP contribution in [0.25, 0.3) is 11.0 Å². The molecule has 3 rings (SSSR count). The molecule has 0 unspecified atom stereocenters. The van der Waals surface area contributed by atoms with Gasteiger partial charge in [-0.25, -0.2) is 0 Å². The lowest BCUT2D eigenvalue weighted by Crippen LogP contribution is -2.36. The summed E-state index contributed by atoms with van der Waals surface area (Å²) < 4.78 is 2.38. The van der Waals surface area contributed by atoms with Crippen LogP contribution in [0.2, 0.25) is 0 Å². The van der Waals surface area contributed by atoms with Crippen LogP contribution < -0.4 is 11.1 Å². The second-order valence-electron chi connectivity index (χ2n) is 6.02. The first kappa shape index (κ1) is 18.1. The maximum absolute atomic E-state index is 12.7. The number of nitrogens with one attached hydrogen (secondary N) is 1. The van der Waals surface area contributed by atoms with Gasteiger partial charge in [-0.05, 0) is 42.8 Å². The van der Waals surface area contributed by atoms with Crippen LogP contribution >= 0.6 is 15.9 Å². The number of H-pyrrole nitrogens is 1. The number of aromatic nitrogens is 2. The van der Waals surface area contributed by atoms with Crippen molar-refractivity contribution in [2.75, 3.05) is 7.05 Å². The summed E-state index contributed by atoms with van der Waals surface area (Å²) in [6.07, 6.45) is 0. The highest BCUT2D eigenvalue weighted by molar-refractivity contribution is 9.10. The summed E-state index contributed by atoms with van der Waals surface area (Å²) in [5.41, 5.74) is 1.26. The molecule has 3 aromatic rings. The Morgan fingerprint density at radius 2 is 1.85 bits per heavy atom. The van der Waals surface area contributed by atoms with Crippen molar-refractivity contribution < 1.29 is 4.79 Å². The van der Waals surface area contributed by atoms with Gasteiger partial charge in [0.1, 0.15) is 0 Å². The fourth-order valence-corrected chi connectivity index (χ4v) is 3.15. The van der Waals surface area contributed by atoms with E-state index in [1.165, 1.54) is 4.57 Å². The van der Waals surface area contributed by atoms with Gasteiger partial charge in [0.05, 0.1) is 11.0 Å². The average Bonchev–Trinajstić information content (AvgIpc) is 2.63. The molecular formula is C19H18BrN3O3. The van der Waals surface area contributed by atoms with Crippen LogP contribution in [0.1, 0.15) is 22.8 Å². The summed E-state index contributed by atoms with van der Waals surface area (Å²) in [4.78, 5) is 40.6. The predicted molar refractivity (Wildman–Crippen MR) is 104 cm³/mol. The van der Waals surface area contributed by atoms with E-state index in [9.17, 15) is 14.4 Å². The van der Waals surface area contributed by atoms with Gasteiger partial charge in [-0.3, -0.25) is 14.4 Å². The molecule has 1 aromatic heterocycles. The van der Waals surface area contributed by atoms with Crippen molar-refractivity contribution in [2.24, 2.45) is 0 Å². The minimum absolute atomic E-state index is 0.162. The first-order chi connectivity index (χ1) is 12.4. The lowest BCUT2D eigenvalue weighted by atomic mass is 10.1. The van der Waals surface area contributed by atoms with Crippen LogP contribution in [0, 0.1) is 0 Å². The second-order valence-corrected chi connectivity index (χ2v) is 6.94. The van der Waals surface area contributed by atoms with Crippen molar-refractivity contribution >= 4 is 32.9 Å². The first-order valence-electron chi connectivity index (χ1n) is 8.17. The zero-order valence-corrected chi connectivity index (χ0v) is 16.0. The van der Waals surface area contributed by atoms with Crippen LogP contribution in [0.5, 0.6) is 0 Å². The smallest absolute Gasteiger partial charge is 0.316 e. The molecule has 0 aliphatic heterocycles. The van der Waals surface area contributed by atoms with Gasteiger partial charge in [0.2, 0.25) is 0 Å². The van der Waals surface area contributed by atoms with E-state index in [0.29, 0.717) is 29.7 Å². The largest absolute Gasteiger partial charge is 0.337 e. The number of hydrogen-bond donors (Lipinski definition) is 1. The molecule has 0 bridgehead atoms. The van der Waals surface area contributed by atoms with Gasteiger partial charge < -0.3 is 14.5 Å². The third kappa shape index (κ3) is 3.48. The summed E-state index contributed by atoms with van der Waals surface area (Å²) in [7, 11) is 1.73. The highest BCUT2D eigenvalue weighted by Gasteiger charge is 2.14.